The van der Waals surface area contributed by atoms with Gasteiger partial charge in [-0.15, -0.1) is 0 Å². The number of anilines is 1. The second kappa shape index (κ2) is 12.8. The number of hydrogen-bond acceptors (Lipinski definition) is 6. The van der Waals surface area contributed by atoms with Crippen molar-refractivity contribution < 1.29 is 31.9 Å². The molecular weight excluding hydrogens is 501 g/mol. The number of ether oxygens (including phenoxy) is 2. The molecule has 1 atom stereocenters. The number of hydrogen-bond donors (Lipinski definition) is 1. The van der Waals surface area contributed by atoms with Gasteiger partial charge < -0.3 is 19.7 Å². The molecule has 1 unspecified atom stereocenters. The highest BCUT2D eigenvalue weighted by Gasteiger charge is 2.32. The number of amides is 2. The molecule has 11 heteroatoms. The Hall–Kier alpha value is -3.34. The first-order chi connectivity index (χ1) is 17.7. The molecule has 0 aliphatic carbocycles. The molecule has 0 saturated heterocycles. The van der Waals surface area contributed by atoms with Gasteiger partial charge in [0.25, 0.3) is 0 Å². The number of unbranched alkanes of at least 4 members (excludes halogenated alkanes) is 1. The molecule has 3 rings (SSSR count). The molecule has 9 nitrogen and oxygen atoms in total. The summed E-state index contributed by atoms with van der Waals surface area (Å²) in [5.74, 6) is -0.970. The Kier molecular flexibility index (Phi) is 9.73. The van der Waals surface area contributed by atoms with Crippen LogP contribution in [0.1, 0.15) is 39.2 Å². The van der Waals surface area contributed by atoms with Gasteiger partial charge in [0.15, 0.2) is 11.5 Å². The Morgan fingerprint density at radius 2 is 1.78 bits per heavy atom. The number of halogens is 1. The third-order valence-corrected chi connectivity index (χ3v) is 7.83. The van der Waals surface area contributed by atoms with E-state index in [1.807, 2.05) is 6.92 Å². The van der Waals surface area contributed by atoms with E-state index in [2.05, 4.69) is 5.32 Å². The Labute approximate surface area is 217 Å². The lowest BCUT2D eigenvalue weighted by atomic mass is 10.1. The molecule has 2 amide bonds. The maximum Gasteiger partial charge on any atom is 0.244 e. The monoisotopic (exact) mass is 535 g/mol. The van der Waals surface area contributed by atoms with E-state index < -0.39 is 40.2 Å². The molecule has 1 aliphatic rings. The predicted molar refractivity (Wildman–Crippen MR) is 139 cm³/mol. The second-order valence-corrected chi connectivity index (χ2v) is 10.9. The van der Waals surface area contributed by atoms with E-state index in [9.17, 15) is 22.4 Å². The van der Waals surface area contributed by atoms with Crippen LogP contribution in [0.15, 0.2) is 42.5 Å². The molecule has 0 bridgehead atoms. The largest absolute Gasteiger partial charge is 0.486 e. The van der Waals surface area contributed by atoms with E-state index in [0.29, 0.717) is 31.3 Å². The molecule has 0 saturated carbocycles. The van der Waals surface area contributed by atoms with Gasteiger partial charge >= 0.3 is 0 Å². The maximum atomic E-state index is 14.5. The van der Waals surface area contributed by atoms with E-state index in [1.165, 1.54) is 42.2 Å². The molecule has 202 valence electrons. The number of sulfonamides is 1. The molecule has 2 aromatic carbocycles. The summed E-state index contributed by atoms with van der Waals surface area (Å²) in [6.45, 7) is 5.38. The molecular formula is C26H34FN3O6S. The van der Waals surface area contributed by atoms with Crippen molar-refractivity contribution >= 4 is 27.5 Å². The minimum Gasteiger partial charge on any atom is -0.486 e. The quantitative estimate of drug-likeness (QED) is 0.419. The normalized spacial score (nSPS) is 13.5. The average molecular weight is 536 g/mol. The molecule has 0 fully saturated rings. The first-order valence-corrected chi connectivity index (χ1v) is 14.0. The van der Waals surface area contributed by atoms with Crippen molar-refractivity contribution in [3.05, 3.63) is 53.8 Å². The SMILES string of the molecule is CCCCNC(=O)C(C)N(Cc1ccccc1F)C(=O)CN(c1ccc2c(c1)OCCO2)S(=O)(=O)CC. The zero-order valence-corrected chi connectivity index (χ0v) is 22.2. The van der Waals surface area contributed by atoms with Crippen molar-refractivity contribution in [1.82, 2.24) is 10.2 Å². The molecule has 0 aromatic heterocycles. The first-order valence-electron chi connectivity index (χ1n) is 12.4. The number of carbonyl (C=O) groups excluding carboxylic acids is 2. The first kappa shape index (κ1) is 28.2. The maximum absolute atomic E-state index is 14.5. The summed E-state index contributed by atoms with van der Waals surface area (Å²) >= 11 is 0. The van der Waals surface area contributed by atoms with Crippen molar-refractivity contribution in [2.45, 2.75) is 46.2 Å². The van der Waals surface area contributed by atoms with Crippen LogP contribution in [0.5, 0.6) is 11.5 Å². The van der Waals surface area contributed by atoms with Crippen LogP contribution in [0.25, 0.3) is 0 Å². The summed E-state index contributed by atoms with van der Waals surface area (Å²) in [7, 11) is -3.90. The minimum atomic E-state index is -3.90. The Bertz CT molecular complexity index is 1210. The molecule has 1 aliphatic heterocycles. The molecule has 2 aromatic rings. The smallest absolute Gasteiger partial charge is 0.244 e. The Morgan fingerprint density at radius 3 is 2.46 bits per heavy atom. The third-order valence-electron chi connectivity index (χ3n) is 6.09. The summed E-state index contributed by atoms with van der Waals surface area (Å²) in [4.78, 5) is 27.7. The number of fused-ring (bicyclic) bond motifs is 1. The lowest BCUT2D eigenvalue weighted by Gasteiger charge is -2.32. The summed E-state index contributed by atoms with van der Waals surface area (Å²) < 4.78 is 52.7. The standard InChI is InChI=1S/C26H34FN3O6S/c1-4-6-13-28-26(32)19(3)29(17-20-9-7-8-10-22(20)27)25(31)18-30(37(33,34)5-2)21-11-12-23-24(16-21)36-15-14-35-23/h7-12,16,19H,4-6,13-15,17-18H2,1-3H3,(H,28,32). The summed E-state index contributed by atoms with van der Waals surface area (Å²) in [5.41, 5.74) is 0.443. The highest BCUT2D eigenvalue weighted by Crippen LogP contribution is 2.35. The van der Waals surface area contributed by atoms with Gasteiger partial charge in [-0.1, -0.05) is 31.5 Å². The van der Waals surface area contributed by atoms with Gasteiger partial charge in [-0.05, 0) is 38.5 Å². The minimum absolute atomic E-state index is 0.199. The van der Waals surface area contributed by atoms with Crippen molar-refractivity contribution in [3.63, 3.8) is 0 Å². The molecule has 0 spiro atoms. The number of nitrogens with one attached hydrogen (secondary N) is 1. The van der Waals surface area contributed by atoms with E-state index in [4.69, 9.17) is 9.47 Å². The Morgan fingerprint density at radius 1 is 1.08 bits per heavy atom. The third kappa shape index (κ3) is 7.12. The van der Waals surface area contributed by atoms with Crippen LogP contribution in [0.2, 0.25) is 0 Å². The van der Waals surface area contributed by atoms with Crippen molar-refractivity contribution in [2.24, 2.45) is 0 Å². The summed E-state index contributed by atoms with van der Waals surface area (Å²) in [6, 6.07) is 9.64. The Balaban J connectivity index is 1.93. The van der Waals surface area contributed by atoms with Crippen LogP contribution in [0, 0.1) is 5.82 Å². The molecule has 0 radical (unpaired) electrons. The predicted octanol–water partition coefficient (Wildman–Crippen LogP) is 3.09. The number of rotatable bonds is 12. The van der Waals surface area contributed by atoms with Crippen molar-refractivity contribution in [2.75, 3.05) is 36.4 Å². The van der Waals surface area contributed by atoms with Gasteiger partial charge in [-0.2, -0.15) is 0 Å². The fourth-order valence-electron chi connectivity index (χ4n) is 3.84. The molecule has 37 heavy (non-hydrogen) atoms. The second-order valence-electron chi connectivity index (χ2n) is 8.67. The fraction of sp³-hybridized carbons (Fsp3) is 0.462. The van der Waals surface area contributed by atoms with Crippen LogP contribution in [0.4, 0.5) is 10.1 Å². The van der Waals surface area contributed by atoms with E-state index in [0.717, 1.165) is 17.1 Å². The fourth-order valence-corrected chi connectivity index (χ4v) is 4.89. The summed E-state index contributed by atoms with van der Waals surface area (Å²) in [5, 5.41) is 2.79. The van der Waals surface area contributed by atoms with Crippen molar-refractivity contribution in [1.29, 1.82) is 0 Å². The molecule has 1 N–H and O–H groups in total. The van der Waals surface area contributed by atoms with Crippen molar-refractivity contribution in [3.8, 4) is 11.5 Å². The summed E-state index contributed by atoms with van der Waals surface area (Å²) in [6.07, 6.45) is 1.65. The van der Waals surface area contributed by atoms with Gasteiger partial charge in [-0.25, -0.2) is 12.8 Å². The van der Waals surface area contributed by atoms with Crippen LogP contribution < -0.4 is 19.1 Å². The van der Waals surface area contributed by atoms with Crippen LogP contribution in [-0.2, 0) is 26.2 Å². The number of carbonyl (C=O) groups is 2. The lowest BCUT2D eigenvalue weighted by Crippen LogP contribution is -2.51. The van der Waals surface area contributed by atoms with E-state index in [1.54, 1.807) is 19.1 Å². The average Bonchev–Trinajstić information content (AvgIpc) is 2.90. The highest BCUT2D eigenvalue weighted by molar-refractivity contribution is 7.92. The van der Waals surface area contributed by atoms with Crippen LogP contribution >= 0.6 is 0 Å². The van der Waals surface area contributed by atoms with Gasteiger partial charge in [-0.3, -0.25) is 13.9 Å². The zero-order chi connectivity index (χ0) is 27.0. The van der Waals surface area contributed by atoms with Gasteiger partial charge in [0.2, 0.25) is 21.8 Å². The zero-order valence-electron chi connectivity index (χ0n) is 21.4. The lowest BCUT2D eigenvalue weighted by molar-refractivity contribution is -0.139. The van der Waals surface area contributed by atoms with Gasteiger partial charge in [0.1, 0.15) is 31.6 Å². The highest BCUT2D eigenvalue weighted by atomic mass is 32.2. The topological polar surface area (TPSA) is 105 Å². The van der Waals surface area contributed by atoms with E-state index >= 15 is 0 Å². The van der Waals surface area contributed by atoms with Crippen LogP contribution in [0.3, 0.4) is 0 Å². The van der Waals surface area contributed by atoms with Gasteiger partial charge in [0.05, 0.1) is 11.4 Å². The molecule has 1 heterocycles. The van der Waals surface area contributed by atoms with Crippen LogP contribution in [-0.4, -0.2) is 63.2 Å². The van der Waals surface area contributed by atoms with Gasteiger partial charge in [0, 0.05) is 24.7 Å². The van der Waals surface area contributed by atoms with E-state index in [-0.39, 0.29) is 23.5 Å². The number of benzene rings is 2. The number of nitrogens with zero attached hydrogens (tertiary/aromatic N) is 2.